The lowest BCUT2D eigenvalue weighted by atomic mass is 9.82. The summed E-state index contributed by atoms with van der Waals surface area (Å²) in [5.41, 5.74) is 0.950. The van der Waals surface area contributed by atoms with Gasteiger partial charge in [-0.2, -0.15) is 0 Å². The third kappa shape index (κ3) is 4.56. The standard InChI is InChI=1S/C20H27N3O5S/c24-8-7-23-15-4-2-1-3-14(15)19(22-20(23)26)29-11-18(25)21-10-13-5-6-16-17(9-13)28-12-27-16/h5-6,9,14-15,19,24H,1-4,7-8,10-12H2,(H,21,25)(H,22,26). The maximum absolute atomic E-state index is 12.5. The van der Waals surface area contributed by atoms with Crippen LogP contribution in [-0.4, -0.2) is 59.1 Å². The van der Waals surface area contributed by atoms with Gasteiger partial charge in [-0.25, -0.2) is 4.79 Å². The van der Waals surface area contributed by atoms with Crippen LogP contribution in [0.15, 0.2) is 18.2 Å². The normalized spacial score (nSPS) is 25.3. The van der Waals surface area contributed by atoms with Crippen molar-refractivity contribution >= 4 is 23.7 Å². The predicted molar refractivity (Wildman–Crippen MR) is 109 cm³/mol. The maximum atomic E-state index is 12.5. The average Bonchev–Trinajstić information content (AvgIpc) is 3.21. The molecule has 1 aliphatic carbocycles. The molecule has 1 aromatic carbocycles. The van der Waals surface area contributed by atoms with Crippen LogP contribution in [0.3, 0.4) is 0 Å². The first kappa shape index (κ1) is 20.2. The van der Waals surface area contributed by atoms with Crippen molar-refractivity contribution in [2.24, 2.45) is 5.92 Å². The Balaban J connectivity index is 1.28. The second kappa shape index (κ2) is 9.13. The van der Waals surface area contributed by atoms with Gasteiger partial charge in [0.25, 0.3) is 0 Å². The van der Waals surface area contributed by atoms with Gasteiger partial charge in [-0.05, 0) is 30.5 Å². The molecule has 1 aromatic rings. The molecule has 158 valence electrons. The number of hydrogen-bond donors (Lipinski definition) is 3. The predicted octanol–water partition coefficient (Wildman–Crippen LogP) is 1.67. The molecular formula is C20H27N3O5S. The number of benzene rings is 1. The summed E-state index contributed by atoms with van der Waals surface area (Å²) >= 11 is 1.49. The average molecular weight is 422 g/mol. The highest BCUT2D eigenvalue weighted by molar-refractivity contribution is 8.00. The minimum absolute atomic E-state index is 0.0310. The molecular weight excluding hydrogens is 394 g/mol. The number of fused-ring (bicyclic) bond motifs is 2. The third-order valence-electron chi connectivity index (χ3n) is 5.76. The van der Waals surface area contributed by atoms with Gasteiger partial charge in [-0.15, -0.1) is 11.8 Å². The van der Waals surface area contributed by atoms with E-state index in [-0.39, 0.29) is 36.8 Å². The number of β-amino-alcohol motifs (C(OH)–C–C–N with tert-alkyl or cyclic N) is 1. The zero-order valence-electron chi connectivity index (χ0n) is 16.3. The highest BCUT2D eigenvalue weighted by atomic mass is 32.2. The van der Waals surface area contributed by atoms with E-state index in [1.54, 1.807) is 4.90 Å². The Bertz CT molecular complexity index is 762. The van der Waals surface area contributed by atoms with Gasteiger partial charge in [0.1, 0.15) is 0 Å². The molecule has 8 nitrogen and oxygen atoms in total. The van der Waals surface area contributed by atoms with Crippen molar-refractivity contribution in [1.29, 1.82) is 0 Å². The molecule has 29 heavy (non-hydrogen) atoms. The minimum Gasteiger partial charge on any atom is -0.454 e. The van der Waals surface area contributed by atoms with Gasteiger partial charge < -0.3 is 30.1 Å². The SMILES string of the molecule is O=C(CSC1NC(=O)N(CCO)C2CCCCC12)NCc1ccc2c(c1)OCO2. The summed E-state index contributed by atoms with van der Waals surface area (Å²) < 4.78 is 10.7. The Morgan fingerprint density at radius 1 is 1.28 bits per heavy atom. The maximum Gasteiger partial charge on any atom is 0.318 e. The van der Waals surface area contributed by atoms with Gasteiger partial charge in [0.2, 0.25) is 12.7 Å². The fraction of sp³-hybridized carbons (Fsp3) is 0.600. The number of carbonyl (C=O) groups is 2. The fourth-order valence-corrected chi connectivity index (χ4v) is 5.53. The number of nitrogens with one attached hydrogen (secondary N) is 2. The van der Waals surface area contributed by atoms with Crippen LogP contribution in [0.1, 0.15) is 31.2 Å². The molecule has 0 bridgehead atoms. The van der Waals surface area contributed by atoms with E-state index in [4.69, 9.17) is 9.47 Å². The quantitative estimate of drug-likeness (QED) is 0.619. The van der Waals surface area contributed by atoms with Crippen LogP contribution < -0.4 is 20.1 Å². The Kier molecular flexibility index (Phi) is 6.34. The van der Waals surface area contributed by atoms with Gasteiger partial charge in [0.15, 0.2) is 11.5 Å². The van der Waals surface area contributed by atoms with Crippen molar-refractivity contribution in [3.8, 4) is 11.5 Å². The number of hydrogen-bond acceptors (Lipinski definition) is 6. The lowest BCUT2D eigenvalue weighted by Gasteiger charge is -2.47. The number of rotatable bonds is 7. The van der Waals surface area contributed by atoms with E-state index >= 15 is 0 Å². The highest BCUT2D eigenvalue weighted by Crippen LogP contribution is 2.37. The van der Waals surface area contributed by atoms with Crippen molar-refractivity contribution in [2.75, 3.05) is 25.7 Å². The van der Waals surface area contributed by atoms with Crippen molar-refractivity contribution in [2.45, 2.75) is 43.6 Å². The molecule has 0 aromatic heterocycles. The van der Waals surface area contributed by atoms with Gasteiger partial charge in [0, 0.05) is 25.0 Å². The molecule has 2 fully saturated rings. The summed E-state index contributed by atoms with van der Waals surface area (Å²) in [7, 11) is 0. The summed E-state index contributed by atoms with van der Waals surface area (Å²) in [5.74, 6) is 1.96. The summed E-state index contributed by atoms with van der Waals surface area (Å²) in [4.78, 5) is 26.6. The lowest BCUT2D eigenvalue weighted by Crippen LogP contribution is -2.62. The minimum atomic E-state index is -0.138. The molecule has 3 unspecified atom stereocenters. The zero-order chi connectivity index (χ0) is 20.2. The van der Waals surface area contributed by atoms with E-state index in [2.05, 4.69) is 10.6 Å². The molecule has 9 heteroatoms. The number of aliphatic hydroxyl groups is 1. The highest BCUT2D eigenvalue weighted by Gasteiger charge is 2.42. The van der Waals surface area contributed by atoms with E-state index in [9.17, 15) is 14.7 Å². The van der Waals surface area contributed by atoms with E-state index in [0.717, 1.165) is 37.0 Å². The smallest absolute Gasteiger partial charge is 0.318 e. The monoisotopic (exact) mass is 421 g/mol. The molecule has 3 aliphatic rings. The molecule has 1 saturated heterocycles. The second-order valence-electron chi connectivity index (χ2n) is 7.58. The van der Waals surface area contributed by atoms with Crippen LogP contribution >= 0.6 is 11.8 Å². The van der Waals surface area contributed by atoms with Gasteiger partial charge in [-0.3, -0.25) is 4.79 Å². The number of thioether (sulfide) groups is 1. The van der Waals surface area contributed by atoms with E-state index in [1.807, 2.05) is 18.2 Å². The van der Waals surface area contributed by atoms with Crippen molar-refractivity contribution in [1.82, 2.24) is 15.5 Å². The number of amides is 3. The van der Waals surface area contributed by atoms with Crippen molar-refractivity contribution in [3.05, 3.63) is 23.8 Å². The Hall–Kier alpha value is -2.13. The van der Waals surface area contributed by atoms with Crippen molar-refractivity contribution < 1.29 is 24.2 Å². The van der Waals surface area contributed by atoms with Crippen LogP contribution in [0.5, 0.6) is 11.5 Å². The van der Waals surface area contributed by atoms with Gasteiger partial charge >= 0.3 is 6.03 Å². The van der Waals surface area contributed by atoms with Gasteiger partial charge in [-0.1, -0.05) is 18.9 Å². The number of ether oxygens (including phenoxy) is 2. The molecule has 3 atom stereocenters. The Morgan fingerprint density at radius 3 is 2.97 bits per heavy atom. The third-order valence-corrected chi connectivity index (χ3v) is 7.01. The lowest BCUT2D eigenvalue weighted by molar-refractivity contribution is -0.118. The summed E-state index contributed by atoms with van der Waals surface area (Å²) in [5, 5.41) is 15.2. The molecule has 3 amide bonds. The van der Waals surface area contributed by atoms with Crippen LogP contribution in [0, 0.1) is 5.92 Å². The number of aliphatic hydroxyl groups excluding tert-OH is 1. The van der Waals surface area contributed by atoms with Crippen LogP contribution in [-0.2, 0) is 11.3 Å². The first-order chi connectivity index (χ1) is 14.2. The molecule has 1 saturated carbocycles. The molecule has 2 aliphatic heterocycles. The Morgan fingerprint density at radius 2 is 2.10 bits per heavy atom. The van der Waals surface area contributed by atoms with E-state index in [0.29, 0.717) is 30.5 Å². The fourth-order valence-electron chi connectivity index (χ4n) is 4.35. The zero-order valence-corrected chi connectivity index (χ0v) is 17.1. The number of nitrogens with zero attached hydrogens (tertiary/aromatic N) is 1. The summed E-state index contributed by atoms with van der Waals surface area (Å²) in [6.45, 7) is 0.979. The first-order valence-electron chi connectivity index (χ1n) is 10.1. The van der Waals surface area contributed by atoms with E-state index < -0.39 is 0 Å². The number of urea groups is 1. The molecule has 3 N–H and O–H groups in total. The van der Waals surface area contributed by atoms with Crippen LogP contribution in [0.4, 0.5) is 4.79 Å². The largest absolute Gasteiger partial charge is 0.454 e. The second-order valence-corrected chi connectivity index (χ2v) is 8.71. The molecule has 4 rings (SSSR count). The van der Waals surface area contributed by atoms with E-state index in [1.165, 1.54) is 11.8 Å². The van der Waals surface area contributed by atoms with Crippen molar-refractivity contribution in [3.63, 3.8) is 0 Å². The number of carbonyl (C=O) groups excluding carboxylic acids is 2. The molecule has 0 radical (unpaired) electrons. The van der Waals surface area contributed by atoms with Gasteiger partial charge in [0.05, 0.1) is 17.7 Å². The van der Waals surface area contributed by atoms with Crippen LogP contribution in [0.2, 0.25) is 0 Å². The topological polar surface area (TPSA) is 100 Å². The Labute approximate surface area is 174 Å². The first-order valence-corrected chi connectivity index (χ1v) is 11.2. The van der Waals surface area contributed by atoms with Crippen LogP contribution in [0.25, 0.3) is 0 Å². The summed E-state index contributed by atoms with van der Waals surface area (Å²) in [6, 6.07) is 5.64. The molecule has 0 spiro atoms. The molecule has 2 heterocycles. The summed E-state index contributed by atoms with van der Waals surface area (Å²) in [6.07, 6.45) is 4.23.